The Balaban J connectivity index is 1.48. The van der Waals surface area contributed by atoms with Crippen LogP contribution in [-0.4, -0.2) is 39.7 Å². The number of benzene rings is 2. The molecule has 2 amide bonds. The van der Waals surface area contributed by atoms with Crippen molar-refractivity contribution in [2.75, 3.05) is 6.54 Å². The molecule has 1 saturated carbocycles. The molecule has 2 atom stereocenters. The third-order valence-electron chi connectivity index (χ3n) is 7.72. The fourth-order valence-corrected chi connectivity index (χ4v) is 5.88. The van der Waals surface area contributed by atoms with Crippen LogP contribution in [0.2, 0.25) is 0 Å². The van der Waals surface area contributed by atoms with Crippen LogP contribution in [0.1, 0.15) is 95.4 Å². The topological polar surface area (TPSA) is 78.9 Å². The molecular weight excluding hydrogens is 476 g/mol. The summed E-state index contributed by atoms with van der Waals surface area (Å²) in [5.74, 6) is 6.59. The highest BCUT2D eigenvalue weighted by atomic mass is 16.6. The Morgan fingerprint density at radius 1 is 1.08 bits per heavy atom. The number of nitrogens with zero attached hydrogens (tertiary/aromatic N) is 1. The number of hydrogen-bond donors (Lipinski definition) is 2. The minimum absolute atomic E-state index is 0.0439. The Hall–Kier alpha value is -3.30. The number of amides is 2. The average Bonchev–Trinajstić information content (AvgIpc) is 2.87. The Bertz CT molecular complexity index is 1180. The van der Waals surface area contributed by atoms with Gasteiger partial charge in [-0.1, -0.05) is 73.6 Å². The van der Waals surface area contributed by atoms with E-state index in [9.17, 15) is 14.7 Å². The van der Waals surface area contributed by atoms with Gasteiger partial charge < -0.3 is 20.1 Å². The van der Waals surface area contributed by atoms with Crippen LogP contribution in [0.25, 0.3) is 0 Å². The maximum absolute atomic E-state index is 13.3. The Morgan fingerprint density at radius 3 is 2.32 bits per heavy atom. The molecule has 0 aromatic heterocycles. The quantitative estimate of drug-likeness (QED) is 0.473. The number of ether oxygens (including phenoxy) is 1. The fourth-order valence-electron chi connectivity index (χ4n) is 5.88. The summed E-state index contributed by atoms with van der Waals surface area (Å²) in [7, 11) is 0. The summed E-state index contributed by atoms with van der Waals surface area (Å²) < 4.78 is 6.13. The SMILES string of the molecule is CC(=O)NC1(C#Cc2ccc([C@H](C)N3CC[C@](CC(C)(C)O)(c4ccccc4)OC3=O)cc2)CCCCC1. The van der Waals surface area contributed by atoms with Crippen LogP contribution < -0.4 is 5.32 Å². The van der Waals surface area contributed by atoms with Crippen LogP contribution in [0.3, 0.4) is 0 Å². The lowest BCUT2D eigenvalue weighted by Crippen LogP contribution is -2.51. The summed E-state index contributed by atoms with van der Waals surface area (Å²) in [5, 5.41) is 13.7. The van der Waals surface area contributed by atoms with Crippen LogP contribution in [-0.2, 0) is 15.1 Å². The van der Waals surface area contributed by atoms with Gasteiger partial charge in [-0.3, -0.25) is 4.79 Å². The second-order valence-electron chi connectivity index (χ2n) is 11.5. The van der Waals surface area contributed by atoms with Gasteiger partial charge in [-0.05, 0) is 56.9 Å². The highest BCUT2D eigenvalue weighted by Gasteiger charge is 2.46. The van der Waals surface area contributed by atoms with Crippen molar-refractivity contribution >= 4 is 12.0 Å². The molecule has 0 radical (unpaired) electrons. The highest BCUT2D eigenvalue weighted by molar-refractivity contribution is 5.74. The van der Waals surface area contributed by atoms with E-state index in [1.807, 2.05) is 61.5 Å². The first-order valence-electron chi connectivity index (χ1n) is 13.7. The van der Waals surface area contributed by atoms with E-state index < -0.39 is 16.7 Å². The molecule has 2 N–H and O–H groups in total. The minimum Gasteiger partial charge on any atom is -0.438 e. The smallest absolute Gasteiger partial charge is 0.411 e. The zero-order valence-electron chi connectivity index (χ0n) is 23.0. The number of nitrogens with one attached hydrogen (secondary N) is 1. The van der Waals surface area contributed by atoms with Crippen molar-refractivity contribution < 1.29 is 19.4 Å². The van der Waals surface area contributed by atoms with Crippen molar-refractivity contribution in [1.29, 1.82) is 0 Å². The van der Waals surface area contributed by atoms with Gasteiger partial charge >= 0.3 is 6.09 Å². The molecule has 6 nitrogen and oxygen atoms in total. The van der Waals surface area contributed by atoms with E-state index in [0.29, 0.717) is 19.4 Å². The molecule has 1 aliphatic carbocycles. The summed E-state index contributed by atoms with van der Waals surface area (Å²) in [6.07, 6.45) is 5.61. The van der Waals surface area contributed by atoms with Gasteiger partial charge in [0.1, 0.15) is 11.1 Å². The number of cyclic esters (lactones) is 1. The average molecular weight is 517 g/mol. The monoisotopic (exact) mass is 516 g/mol. The lowest BCUT2D eigenvalue weighted by atomic mass is 9.80. The Morgan fingerprint density at radius 2 is 1.74 bits per heavy atom. The van der Waals surface area contributed by atoms with Gasteiger partial charge in [0.25, 0.3) is 0 Å². The largest absolute Gasteiger partial charge is 0.438 e. The summed E-state index contributed by atoms with van der Waals surface area (Å²) >= 11 is 0. The molecule has 2 fully saturated rings. The maximum Gasteiger partial charge on any atom is 0.411 e. The van der Waals surface area contributed by atoms with Gasteiger partial charge in [-0.2, -0.15) is 0 Å². The molecule has 2 aromatic rings. The molecule has 2 aliphatic rings. The number of carbonyl (C=O) groups excluding carboxylic acids is 2. The first kappa shape index (κ1) is 27.7. The maximum atomic E-state index is 13.3. The summed E-state index contributed by atoms with van der Waals surface area (Å²) in [4.78, 5) is 26.8. The summed E-state index contributed by atoms with van der Waals surface area (Å²) in [6.45, 7) is 7.57. The third-order valence-corrected chi connectivity index (χ3v) is 7.72. The Labute approximate surface area is 226 Å². The van der Waals surface area contributed by atoms with Gasteiger partial charge in [-0.15, -0.1) is 0 Å². The number of rotatable bonds is 6. The molecule has 0 bridgehead atoms. The molecule has 1 heterocycles. The zero-order valence-corrected chi connectivity index (χ0v) is 23.0. The standard InChI is InChI=1S/C32H40N2O4/c1-24(27-15-13-26(14-16-27)17-20-31(33-25(2)35)18-9-6-10-19-31)34-22-21-32(38-29(34)36,23-30(3,4)37)28-11-7-5-8-12-28/h5,7-8,11-16,24,37H,6,9-10,18-19,21-23H2,1-4H3,(H,33,35)/t24-,32-/m0/s1. The zero-order chi connectivity index (χ0) is 27.4. The second kappa shape index (κ2) is 11.2. The van der Waals surface area contributed by atoms with Gasteiger partial charge in [0.2, 0.25) is 5.91 Å². The fraction of sp³-hybridized carbons (Fsp3) is 0.500. The van der Waals surface area contributed by atoms with Gasteiger partial charge in [-0.25, -0.2) is 4.79 Å². The van der Waals surface area contributed by atoms with Crippen LogP contribution in [0.15, 0.2) is 54.6 Å². The van der Waals surface area contributed by atoms with E-state index in [1.54, 1.807) is 25.7 Å². The first-order valence-corrected chi connectivity index (χ1v) is 13.7. The number of hydrogen-bond acceptors (Lipinski definition) is 4. The molecule has 1 aliphatic heterocycles. The lowest BCUT2D eigenvalue weighted by molar-refractivity contribution is -0.120. The summed E-state index contributed by atoms with van der Waals surface area (Å²) in [6, 6.07) is 17.5. The van der Waals surface area contributed by atoms with Crippen LogP contribution in [0, 0.1) is 11.8 Å². The Kier molecular flexibility index (Phi) is 8.18. The van der Waals surface area contributed by atoms with E-state index in [4.69, 9.17) is 4.74 Å². The molecule has 4 rings (SSSR count). The van der Waals surface area contributed by atoms with Crippen molar-refractivity contribution in [1.82, 2.24) is 10.2 Å². The van der Waals surface area contributed by atoms with Crippen molar-refractivity contribution in [3.8, 4) is 11.8 Å². The van der Waals surface area contributed by atoms with Gasteiger partial charge in [0.05, 0.1) is 11.6 Å². The molecule has 6 heteroatoms. The first-order chi connectivity index (χ1) is 18.0. The van der Waals surface area contributed by atoms with Crippen molar-refractivity contribution in [3.63, 3.8) is 0 Å². The second-order valence-corrected chi connectivity index (χ2v) is 11.5. The van der Waals surface area contributed by atoms with E-state index in [0.717, 1.165) is 42.4 Å². The number of carbonyl (C=O) groups is 2. The molecule has 1 saturated heterocycles. The van der Waals surface area contributed by atoms with Crippen molar-refractivity contribution in [2.45, 2.75) is 95.4 Å². The molecule has 0 spiro atoms. The summed E-state index contributed by atoms with van der Waals surface area (Å²) in [5.41, 5.74) is 0.483. The van der Waals surface area contributed by atoms with Gasteiger partial charge in [0.15, 0.2) is 0 Å². The van der Waals surface area contributed by atoms with Gasteiger partial charge in [0, 0.05) is 31.9 Å². The predicted octanol–water partition coefficient (Wildman–Crippen LogP) is 5.84. The van der Waals surface area contributed by atoms with Crippen LogP contribution >= 0.6 is 0 Å². The molecule has 38 heavy (non-hydrogen) atoms. The highest BCUT2D eigenvalue weighted by Crippen LogP contribution is 2.42. The van der Waals surface area contributed by atoms with Crippen molar-refractivity contribution in [3.05, 3.63) is 71.3 Å². The molecule has 202 valence electrons. The molecule has 0 unspecified atom stereocenters. The van der Waals surface area contributed by atoms with Crippen LogP contribution in [0.5, 0.6) is 0 Å². The normalized spacial score (nSPS) is 22.0. The third kappa shape index (κ3) is 6.57. The van der Waals surface area contributed by atoms with E-state index in [2.05, 4.69) is 17.2 Å². The van der Waals surface area contributed by atoms with E-state index in [-0.39, 0.29) is 18.0 Å². The minimum atomic E-state index is -0.989. The molecule has 2 aromatic carbocycles. The van der Waals surface area contributed by atoms with Crippen molar-refractivity contribution in [2.24, 2.45) is 0 Å². The predicted molar refractivity (Wildman–Crippen MR) is 148 cm³/mol. The van der Waals surface area contributed by atoms with E-state index in [1.165, 1.54) is 6.42 Å². The lowest BCUT2D eigenvalue weighted by Gasteiger charge is -2.45. The van der Waals surface area contributed by atoms with Crippen LogP contribution in [0.4, 0.5) is 4.79 Å². The molecular formula is C32H40N2O4. The number of aliphatic hydroxyl groups is 1. The van der Waals surface area contributed by atoms with E-state index >= 15 is 0 Å².